The molecule has 0 heterocycles. The number of hydrogen-bond acceptors (Lipinski definition) is 0. The van der Waals surface area contributed by atoms with E-state index in [0.717, 1.165) is 0 Å². The molecule has 0 bridgehead atoms. The summed E-state index contributed by atoms with van der Waals surface area (Å²) in [6.07, 6.45) is 0. The van der Waals surface area contributed by atoms with E-state index in [2.05, 4.69) is 0 Å². The molecule has 0 aliphatic carbocycles. The third kappa shape index (κ3) is 106. The molecular formula is F6Na6. The van der Waals surface area contributed by atoms with Crippen molar-refractivity contribution in [3.63, 3.8) is 0 Å². The summed E-state index contributed by atoms with van der Waals surface area (Å²) in [5, 5.41) is 0. The van der Waals surface area contributed by atoms with E-state index in [4.69, 9.17) is 0 Å². The van der Waals surface area contributed by atoms with E-state index >= 15 is 0 Å². The Hall–Kier alpha value is 5.58. The molecule has 0 N–H and O–H groups in total. The van der Waals surface area contributed by atoms with Gasteiger partial charge in [-0.3, -0.25) is 0 Å². The first kappa shape index (κ1) is 155. The predicted molar refractivity (Wildman–Crippen MR) is 0 cm³/mol. The zero-order valence-corrected chi connectivity index (χ0v) is 20.3. The Kier molecular flexibility index (Phi) is 1670. The maximum atomic E-state index is 0. The fourth-order valence-corrected chi connectivity index (χ4v) is 0. The Balaban J connectivity index is 0. The van der Waals surface area contributed by atoms with Gasteiger partial charge in [0.2, 0.25) is 0 Å². The maximum absolute atomic E-state index is 0. The van der Waals surface area contributed by atoms with Gasteiger partial charge >= 0.3 is 177 Å². The van der Waals surface area contributed by atoms with Gasteiger partial charge in [0.25, 0.3) is 0 Å². The summed E-state index contributed by atoms with van der Waals surface area (Å²) in [7, 11) is 0. The summed E-state index contributed by atoms with van der Waals surface area (Å²) in [5.74, 6) is 0. The molecule has 0 aliphatic heterocycles. The zero-order valence-electron chi connectivity index (χ0n) is 8.27. The van der Waals surface area contributed by atoms with Crippen LogP contribution in [0.3, 0.4) is 0 Å². The summed E-state index contributed by atoms with van der Waals surface area (Å²) in [6.45, 7) is 0. The first-order valence-corrected chi connectivity index (χ1v) is 0. The Bertz CT molecular complexity index is 12.0. The second-order valence-electron chi connectivity index (χ2n) is 0. The van der Waals surface area contributed by atoms with Crippen LogP contribution in [0.15, 0.2) is 0 Å². The van der Waals surface area contributed by atoms with E-state index < -0.39 is 0 Å². The van der Waals surface area contributed by atoms with E-state index in [1.165, 1.54) is 0 Å². The van der Waals surface area contributed by atoms with Gasteiger partial charge in [-0.1, -0.05) is 0 Å². The van der Waals surface area contributed by atoms with Crippen molar-refractivity contribution in [1.82, 2.24) is 0 Å². The van der Waals surface area contributed by atoms with Crippen LogP contribution in [-0.2, 0) is 0 Å². The summed E-state index contributed by atoms with van der Waals surface area (Å²) in [4.78, 5) is 0. The van der Waals surface area contributed by atoms with Crippen LogP contribution >= 0.6 is 0 Å². The second-order valence-corrected chi connectivity index (χ2v) is 0. The fourth-order valence-electron chi connectivity index (χ4n) is 0. The summed E-state index contributed by atoms with van der Waals surface area (Å²) < 4.78 is 0. The molecule has 0 aromatic rings. The van der Waals surface area contributed by atoms with Crippen molar-refractivity contribution in [2.45, 2.75) is 0 Å². The minimum atomic E-state index is 0. The third-order valence-corrected chi connectivity index (χ3v) is 0. The summed E-state index contributed by atoms with van der Waals surface area (Å²) in [5.41, 5.74) is 0. The monoisotopic (exact) mass is 252 g/mol. The van der Waals surface area contributed by atoms with Crippen LogP contribution in [-0.4, -0.2) is 0 Å². The summed E-state index contributed by atoms with van der Waals surface area (Å²) in [6, 6.07) is 0. The van der Waals surface area contributed by atoms with Gasteiger partial charge in [-0.15, -0.1) is 0 Å². The van der Waals surface area contributed by atoms with Crippen molar-refractivity contribution in [1.29, 1.82) is 0 Å². The standard InChI is InChI=1S/6FH.6Na/h6*1H;;;;;;/q;;;;;;6*+1/p-6. The number of hydrogen-bond donors (Lipinski definition) is 0. The van der Waals surface area contributed by atoms with E-state index in [1.54, 1.807) is 0 Å². The average molecular weight is 252 g/mol. The van der Waals surface area contributed by atoms with Crippen LogP contribution in [0.25, 0.3) is 0 Å². The quantitative estimate of drug-likeness (QED) is 0.297. The second kappa shape index (κ2) is 129. The molecule has 0 unspecified atom stereocenters. The number of halogens is 6. The Morgan fingerprint density at radius 1 is 0.167 bits per heavy atom. The molecule has 0 fully saturated rings. The van der Waals surface area contributed by atoms with Gasteiger partial charge in [-0.25, -0.2) is 0 Å². The molecule has 0 radical (unpaired) electrons. The fraction of sp³-hybridized carbons (Fsp3) is 0. The van der Waals surface area contributed by atoms with Gasteiger partial charge in [0.05, 0.1) is 0 Å². The minimum Gasteiger partial charge on any atom is -1.00 e. The molecule has 0 aromatic heterocycles. The molecule has 48 valence electrons. The van der Waals surface area contributed by atoms with Crippen molar-refractivity contribution in [3.05, 3.63) is 0 Å². The SMILES string of the molecule is [F-].[F-].[F-].[F-].[F-].[F-].[Na+].[Na+].[Na+].[Na+].[Na+].[Na+]. The molecule has 0 amide bonds. The largest absolute Gasteiger partial charge is 1.00 e. The molecule has 0 nitrogen and oxygen atoms in total. The van der Waals surface area contributed by atoms with E-state index in [-0.39, 0.29) is 206 Å². The molecule has 12 heteroatoms. The molecule has 12 heavy (non-hydrogen) atoms. The van der Waals surface area contributed by atoms with Crippen molar-refractivity contribution >= 4 is 0 Å². The molecule has 0 saturated heterocycles. The topological polar surface area (TPSA) is 0 Å². The third-order valence-electron chi connectivity index (χ3n) is 0. The van der Waals surface area contributed by atoms with Crippen molar-refractivity contribution in [2.24, 2.45) is 0 Å². The van der Waals surface area contributed by atoms with Crippen LogP contribution in [0.5, 0.6) is 0 Å². The van der Waals surface area contributed by atoms with E-state index in [1.807, 2.05) is 0 Å². The predicted octanol–water partition coefficient (Wildman–Crippen LogP) is -36.0. The Morgan fingerprint density at radius 3 is 0.167 bits per heavy atom. The van der Waals surface area contributed by atoms with Gasteiger partial charge in [0, 0.05) is 0 Å². The smallest absolute Gasteiger partial charge is 1.00 e. The molecule has 0 aliphatic rings. The average Bonchev–Trinajstić information content (AvgIpc) is 0. The van der Waals surface area contributed by atoms with Crippen molar-refractivity contribution in [3.8, 4) is 0 Å². The van der Waals surface area contributed by atoms with Gasteiger partial charge in [-0.05, 0) is 0 Å². The van der Waals surface area contributed by atoms with Crippen LogP contribution in [0.1, 0.15) is 0 Å². The van der Waals surface area contributed by atoms with Gasteiger partial charge in [0.1, 0.15) is 0 Å². The van der Waals surface area contributed by atoms with Crippen LogP contribution in [0, 0.1) is 0 Å². The van der Waals surface area contributed by atoms with Crippen molar-refractivity contribution in [2.75, 3.05) is 0 Å². The van der Waals surface area contributed by atoms with Crippen LogP contribution in [0.2, 0.25) is 0 Å². The summed E-state index contributed by atoms with van der Waals surface area (Å²) >= 11 is 0. The Morgan fingerprint density at radius 2 is 0.167 bits per heavy atom. The van der Waals surface area contributed by atoms with Gasteiger partial charge in [0.15, 0.2) is 0 Å². The minimum absolute atomic E-state index is 0. The van der Waals surface area contributed by atoms with E-state index in [0.29, 0.717) is 0 Å². The molecule has 0 rings (SSSR count). The van der Waals surface area contributed by atoms with Crippen LogP contribution in [0.4, 0.5) is 0 Å². The molecule has 0 aromatic carbocycles. The first-order valence-electron chi connectivity index (χ1n) is 0. The van der Waals surface area contributed by atoms with Gasteiger partial charge in [-0.2, -0.15) is 0 Å². The van der Waals surface area contributed by atoms with Crippen LogP contribution < -0.4 is 206 Å². The molecule has 0 saturated carbocycles. The normalized spacial score (nSPS) is 0. The zero-order chi connectivity index (χ0) is 0. The van der Waals surface area contributed by atoms with Gasteiger partial charge < -0.3 is 28.2 Å². The molecule has 0 spiro atoms. The molecule has 0 atom stereocenters. The molecular weight excluding hydrogens is 252 g/mol. The van der Waals surface area contributed by atoms with Crippen molar-refractivity contribution < 1.29 is 206 Å². The Labute approximate surface area is 200 Å². The van der Waals surface area contributed by atoms with E-state index in [9.17, 15) is 0 Å². The first-order chi connectivity index (χ1) is 0. The number of rotatable bonds is 0. The maximum Gasteiger partial charge on any atom is 1.00 e.